The Bertz CT molecular complexity index is 366. The van der Waals surface area contributed by atoms with Gasteiger partial charge in [0.25, 0.3) is 0 Å². The highest BCUT2D eigenvalue weighted by atomic mass is 16.5. The normalized spacial score (nSPS) is 13.1. The molecule has 1 aromatic carbocycles. The Hall–Kier alpha value is -1.06. The van der Waals surface area contributed by atoms with Gasteiger partial charge >= 0.3 is 0 Å². The van der Waals surface area contributed by atoms with E-state index in [1.807, 2.05) is 30.3 Å². The largest absolute Gasteiger partial charge is 0.491 e. The Morgan fingerprint density at radius 3 is 2.00 bits per heavy atom. The van der Waals surface area contributed by atoms with Crippen LogP contribution in [0.4, 0.5) is 0 Å². The molecule has 1 atom stereocenters. The smallest absolute Gasteiger partial charge is 0.137 e. The average molecular weight is 308 g/mol. The molecule has 2 N–H and O–H groups in total. The van der Waals surface area contributed by atoms with Crippen LogP contribution in [-0.4, -0.2) is 37.5 Å². The second-order valence-electron chi connectivity index (χ2n) is 7.10. The summed E-state index contributed by atoms with van der Waals surface area (Å²) in [6.07, 6.45) is 2.01. The van der Waals surface area contributed by atoms with Crippen molar-refractivity contribution in [3.63, 3.8) is 0 Å². The van der Waals surface area contributed by atoms with Gasteiger partial charge in [0.2, 0.25) is 0 Å². The van der Waals surface area contributed by atoms with Crippen molar-refractivity contribution >= 4 is 0 Å². The minimum Gasteiger partial charge on any atom is -0.491 e. The third-order valence-electron chi connectivity index (χ3n) is 3.86. The second-order valence-corrected chi connectivity index (χ2v) is 7.10. The summed E-state index contributed by atoms with van der Waals surface area (Å²) >= 11 is 0. The van der Waals surface area contributed by atoms with Crippen LogP contribution in [0, 0.1) is 11.8 Å². The number of nitrogens with one attached hydrogen (secondary N) is 1. The molecular weight excluding hydrogens is 274 g/mol. The zero-order valence-corrected chi connectivity index (χ0v) is 14.7. The fourth-order valence-corrected chi connectivity index (χ4v) is 2.42. The molecule has 22 heavy (non-hydrogen) atoms. The lowest BCUT2D eigenvalue weighted by molar-refractivity contribution is -0.904. The van der Waals surface area contributed by atoms with Crippen LogP contribution in [0.25, 0.3) is 0 Å². The quantitative estimate of drug-likeness (QED) is 0.658. The molecule has 0 amide bonds. The van der Waals surface area contributed by atoms with Gasteiger partial charge in [0, 0.05) is 0 Å². The second kappa shape index (κ2) is 10.6. The SMILES string of the molecule is CC(C)CC[NH+](CCC(C)C)C[C@H](O)COc1ccccc1. The molecule has 1 rings (SSSR count). The third kappa shape index (κ3) is 9.06. The van der Waals surface area contributed by atoms with Crippen molar-refractivity contribution in [3.8, 4) is 5.75 Å². The van der Waals surface area contributed by atoms with Crippen LogP contribution < -0.4 is 9.64 Å². The predicted octanol–water partition coefficient (Wildman–Crippen LogP) is 2.40. The van der Waals surface area contributed by atoms with Gasteiger partial charge < -0.3 is 14.7 Å². The summed E-state index contributed by atoms with van der Waals surface area (Å²) in [4.78, 5) is 1.49. The first-order chi connectivity index (χ1) is 10.5. The van der Waals surface area contributed by atoms with Gasteiger partial charge in [-0.1, -0.05) is 45.9 Å². The Balaban J connectivity index is 2.37. The maximum absolute atomic E-state index is 10.3. The van der Waals surface area contributed by atoms with E-state index in [0.29, 0.717) is 18.4 Å². The molecule has 1 aromatic rings. The molecule has 0 spiro atoms. The predicted molar refractivity (Wildman–Crippen MR) is 92.4 cm³/mol. The first-order valence-corrected chi connectivity index (χ1v) is 8.66. The summed E-state index contributed by atoms with van der Waals surface area (Å²) in [7, 11) is 0. The number of benzene rings is 1. The van der Waals surface area contributed by atoms with Gasteiger partial charge in [-0.25, -0.2) is 0 Å². The number of hydrogen-bond donors (Lipinski definition) is 2. The molecule has 0 radical (unpaired) electrons. The van der Waals surface area contributed by atoms with Gasteiger partial charge in [0.05, 0.1) is 13.1 Å². The first-order valence-electron chi connectivity index (χ1n) is 8.66. The molecule has 0 heterocycles. The molecule has 0 aliphatic rings. The van der Waals surface area contributed by atoms with Gasteiger partial charge in [-0.2, -0.15) is 0 Å². The Morgan fingerprint density at radius 1 is 0.955 bits per heavy atom. The number of para-hydroxylation sites is 1. The Labute approximate surface area is 136 Å². The molecule has 126 valence electrons. The number of ether oxygens (including phenoxy) is 1. The van der Waals surface area contributed by atoms with Crippen molar-refractivity contribution in [2.75, 3.05) is 26.2 Å². The van der Waals surface area contributed by atoms with E-state index in [0.717, 1.165) is 25.4 Å². The van der Waals surface area contributed by atoms with Crippen molar-refractivity contribution < 1.29 is 14.7 Å². The molecular formula is C19H34NO2+. The number of aliphatic hydroxyl groups is 1. The average Bonchev–Trinajstić information content (AvgIpc) is 2.48. The minimum atomic E-state index is -0.408. The molecule has 0 aromatic heterocycles. The van der Waals surface area contributed by atoms with E-state index >= 15 is 0 Å². The van der Waals surface area contributed by atoms with Crippen molar-refractivity contribution in [2.45, 2.75) is 46.6 Å². The Kier molecular flexibility index (Phi) is 9.17. The Morgan fingerprint density at radius 2 is 1.50 bits per heavy atom. The third-order valence-corrected chi connectivity index (χ3v) is 3.86. The zero-order chi connectivity index (χ0) is 16.4. The molecule has 0 saturated heterocycles. The van der Waals surface area contributed by atoms with Gasteiger partial charge in [-0.3, -0.25) is 0 Å². The molecule has 0 aliphatic carbocycles. The maximum atomic E-state index is 10.3. The van der Waals surface area contributed by atoms with Gasteiger partial charge in [0.15, 0.2) is 0 Å². The van der Waals surface area contributed by atoms with Crippen molar-refractivity contribution in [1.82, 2.24) is 0 Å². The van der Waals surface area contributed by atoms with Gasteiger partial charge in [0.1, 0.15) is 25.0 Å². The summed E-state index contributed by atoms with van der Waals surface area (Å²) in [5.74, 6) is 2.26. The summed E-state index contributed by atoms with van der Waals surface area (Å²) < 4.78 is 5.66. The first kappa shape index (κ1) is 19.0. The molecule has 0 fully saturated rings. The number of quaternary nitrogens is 1. The van der Waals surface area contributed by atoms with E-state index in [-0.39, 0.29) is 0 Å². The van der Waals surface area contributed by atoms with Crippen LogP contribution in [0.3, 0.4) is 0 Å². The fourth-order valence-electron chi connectivity index (χ4n) is 2.42. The summed E-state index contributed by atoms with van der Waals surface area (Å²) in [6.45, 7) is 12.4. The monoisotopic (exact) mass is 308 g/mol. The van der Waals surface area contributed by atoms with E-state index in [1.165, 1.54) is 17.7 Å². The van der Waals surface area contributed by atoms with Crippen LogP contribution in [0.15, 0.2) is 30.3 Å². The highest BCUT2D eigenvalue weighted by molar-refractivity contribution is 5.20. The van der Waals surface area contributed by atoms with Crippen LogP contribution in [-0.2, 0) is 0 Å². The van der Waals surface area contributed by atoms with Crippen LogP contribution in [0.2, 0.25) is 0 Å². The lowest BCUT2D eigenvalue weighted by Crippen LogP contribution is -3.13. The summed E-state index contributed by atoms with van der Waals surface area (Å²) in [5, 5.41) is 10.3. The zero-order valence-electron chi connectivity index (χ0n) is 14.7. The fraction of sp³-hybridized carbons (Fsp3) is 0.684. The molecule has 3 heteroatoms. The highest BCUT2D eigenvalue weighted by Crippen LogP contribution is 2.08. The van der Waals surface area contributed by atoms with E-state index in [4.69, 9.17) is 4.74 Å². The van der Waals surface area contributed by atoms with Crippen molar-refractivity contribution in [3.05, 3.63) is 30.3 Å². The number of rotatable bonds is 11. The molecule has 0 saturated carbocycles. The van der Waals surface area contributed by atoms with Gasteiger partial charge in [-0.05, 0) is 36.8 Å². The van der Waals surface area contributed by atoms with E-state index in [1.54, 1.807) is 0 Å². The molecule has 3 nitrogen and oxygen atoms in total. The van der Waals surface area contributed by atoms with Crippen LogP contribution in [0.5, 0.6) is 5.75 Å². The molecule has 0 bridgehead atoms. The topological polar surface area (TPSA) is 33.9 Å². The van der Waals surface area contributed by atoms with E-state index < -0.39 is 6.10 Å². The lowest BCUT2D eigenvalue weighted by atomic mass is 10.1. The summed E-state index contributed by atoms with van der Waals surface area (Å²) in [5.41, 5.74) is 0. The summed E-state index contributed by atoms with van der Waals surface area (Å²) in [6, 6.07) is 9.71. The van der Waals surface area contributed by atoms with E-state index in [2.05, 4.69) is 27.7 Å². The number of aliphatic hydroxyl groups excluding tert-OH is 1. The number of hydrogen-bond acceptors (Lipinski definition) is 2. The van der Waals surface area contributed by atoms with Gasteiger partial charge in [-0.15, -0.1) is 0 Å². The minimum absolute atomic E-state index is 0.372. The standard InChI is InChI=1S/C19H33NO2/c1-16(2)10-12-20(13-11-17(3)4)14-18(21)15-22-19-8-6-5-7-9-19/h5-9,16-18,21H,10-15H2,1-4H3/p+1/t18-/m0/s1. The van der Waals surface area contributed by atoms with E-state index in [9.17, 15) is 5.11 Å². The van der Waals surface area contributed by atoms with Crippen molar-refractivity contribution in [2.24, 2.45) is 11.8 Å². The van der Waals surface area contributed by atoms with Crippen molar-refractivity contribution in [1.29, 1.82) is 0 Å². The van der Waals surface area contributed by atoms with Crippen LogP contribution >= 0.6 is 0 Å². The molecule has 0 aliphatic heterocycles. The molecule has 0 unspecified atom stereocenters. The highest BCUT2D eigenvalue weighted by Gasteiger charge is 2.16. The maximum Gasteiger partial charge on any atom is 0.137 e. The lowest BCUT2D eigenvalue weighted by Gasteiger charge is -2.24. The van der Waals surface area contributed by atoms with Crippen LogP contribution in [0.1, 0.15) is 40.5 Å².